The summed E-state index contributed by atoms with van der Waals surface area (Å²) in [6.45, 7) is -0.546. The molecule has 0 spiro atoms. The van der Waals surface area contributed by atoms with Crippen LogP contribution in [0.3, 0.4) is 0 Å². The number of hydrogen-bond donors (Lipinski definition) is 1. The van der Waals surface area contributed by atoms with Crippen molar-refractivity contribution in [3.63, 3.8) is 0 Å². The van der Waals surface area contributed by atoms with Gasteiger partial charge < -0.3 is 10.1 Å². The maximum Gasteiger partial charge on any atom is 0.338 e. The fraction of sp³-hybridized carbons (Fsp3) is 0.238. The van der Waals surface area contributed by atoms with Crippen LogP contribution in [0.15, 0.2) is 48.5 Å². The third-order valence-corrected chi connectivity index (χ3v) is 6.86. The van der Waals surface area contributed by atoms with Gasteiger partial charge in [-0.3, -0.25) is 14.4 Å². The second kappa shape index (κ2) is 7.95. The van der Waals surface area contributed by atoms with E-state index < -0.39 is 46.2 Å². The molecule has 9 nitrogen and oxygen atoms in total. The minimum atomic E-state index is -3.13. The Morgan fingerprint density at radius 3 is 2.16 bits per heavy atom. The number of ether oxygens (including phenoxy) is 1. The van der Waals surface area contributed by atoms with E-state index in [1.165, 1.54) is 24.3 Å². The molecule has 2 aliphatic heterocycles. The summed E-state index contributed by atoms with van der Waals surface area (Å²) in [5.41, 5.74) is 1.08. The van der Waals surface area contributed by atoms with Gasteiger partial charge in [-0.2, -0.15) is 0 Å². The molecule has 2 aromatic rings. The van der Waals surface area contributed by atoms with Crippen LogP contribution in [-0.4, -0.2) is 56.3 Å². The van der Waals surface area contributed by atoms with Gasteiger partial charge >= 0.3 is 5.97 Å². The molecule has 2 aliphatic rings. The summed E-state index contributed by atoms with van der Waals surface area (Å²) in [6.07, 6.45) is 0.335. The smallest absolute Gasteiger partial charge is 0.338 e. The Labute approximate surface area is 177 Å². The molecule has 2 heterocycles. The number of amides is 3. The average molecular weight is 442 g/mol. The van der Waals surface area contributed by atoms with Gasteiger partial charge in [0, 0.05) is 6.04 Å². The van der Waals surface area contributed by atoms with Crippen LogP contribution in [0.1, 0.15) is 37.5 Å². The fourth-order valence-corrected chi connectivity index (χ4v) is 5.24. The van der Waals surface area contributed by atoms with Gasteiger partial charge in [0.15, 0.2) is 16.4 Å². The maximum atomic E-state index is 12.5. The maximum absolute atomic E-state index is 12.5. The van der Waals surface area contributed by atoms with Gasteiger partial charge in [0.2, 0.25) is 0 Å². The number of imide groups is 1. The van der Waals surface area contributed by atoms with Crippen LogP contribution in [0.4, 0.5) is 5.69 Å². The number of carbonyl (C=O) groups excluding carboxylic acids is 4. The van der Waals surface area contributed by atoms with E-state index in [0.717, 1.165) is 4.90 Å². The van der Waals surface area contributed by atoms with Gasteiger partial charge in [-0.15, -0.1) is 0 Å². The average Bonchev–Trinajstić information content (AvgIpc) is 3.22. The number of carbonyl (C=O) groups is 4. The highest BCUT2D eigenvalue weighted by Crippen LogP contribution is 2.28. The molecule has 4 rings (SSSR count). The number of hydrogen-bond acceptors (Lipinski definition) is 7. The first-order valence-electron chi connectivity index (χ1n) is 9.50. The van der Waals surface area contributed by atoms with E-state index in [4.69, 9.17) is 4.74 Å². The van der Waals surface area contributed by atoms with Crippen molar-refractivity contribution in [1.82, 2.24) is 5.32 Å². The van der Waals surface area contributed by atoms with Crippen molar-refractivity contribution in [2.75, 3.05) is 23.0 Å². The van der Waals surface area contributed by atoms with Crippen LogP contribution < -0.4 is 10.2 Å². The van der Waals surface area contributed by atoms with Gasteiger partial charge in [0.05, 0.1) is 33.9 Å². The first kappa shape index (κ1) is 20.7. The van der Waals surface area contributed by atoms with E-state index in [9.17, 15) is 27.6 Å². The lowest BCUT2D eigenvalue weighted by Crippen LogP contribution is -2.38. The lowest BCUT2D eigenvalue weighted by molar-refractivity contribution is -0.124. The lowest BCUT2D eigenvalue weighted by Gasteiger charge is -2.14. The number of anilines is 1. The number of benzene rings is 2. The van der Waals surface area contributed by atoms with Gasteiger partial charge in [-0.25, -0.2) is 18.1 Å². The zero-order valence-electron chi connectivity index (χ0n) is 16.2. The third kappa shape index (κ3) is 4.19. The molecular formula is C21H18N2O7S. The highest BCUT2D eigenvalue weighted by molar-refractivity contribution is 7.91. The Hall–Kier alpha value is -3.53. The van der Waals surface area contributed by atoms with Crippen LogP contribution in [-0.2, 0) is 19.4 Å². The number of nitrogens with one attached hydrogen (secondary N) is 1. The van der Waals surface area contributed by atoms with Gasteiger partial charge in [-0.1, -0.05) is 12.1 Å². The van der Waals surface area contributed by atoms with Crippen LogP contribution in [0.2, 0.25) is 0 Å². The van der Waals surface area contributed by atoms with Gasteiger partial charge in [0.1, 0.15) is 0 Å². The SMILES string of the molecule is O=C(COC(=O)c1ccc(N2C(=O)c3ccccc3C2=O)cc1)NC1CCS(=O)(=O)C1. The van der Waals surface area contributed by atoms with Crippen molar-refractivity contribution in [3.8, 4) is 0 Å². The molecule has 1 atom stereocenters. The van der Waals surface area contributed by atoms with Crippen LogP contribution in [0, 0.1) is 0 Å². The summed E-state index contributed by atoms with van der Waals surface area (Å²) in [5, 5.41) is 2.53. The molecule has 0 aliphatic carbocycles. The number of nitrogens with zero attached hydrogens (tertiary/aromatic N) is 1. The number of fused-ring (bicyclic) bond motifs is 1. The van der Waals surface area contributed by atoms with Crippen LogP contribution in [0.25, 0.3) is 0 Å². The van der Waals surface area contributed by atoms with Crippen LogP contribution >= 0.6 is 0 Å². The molecule has 31 heavy (non-hydrogen) atoms. The van der Waals surface area contributed by atoms with E-state index in [1.807, 2.05) is 0 Å². The number of sulfone groups is 1. The Kier molecular flexibility index (Phi) is 5.32. The normalized spacial score (nSPS) is 19.2. The Balaban J connectivity index is 1.35. The lowest BCUT2D eigenvalue weighted by atomic mass is 10.1. The molecule has 1 unspecified atom stereocenters. The molecule has 3 amide bonds. The van der Waals surface area contributed by atoms with Gasteiger partial charge in [0.25, 0.3) is 17.7 Å². The predicted octanol–water partition coefficient (Wildman–Crippen LogP) is 0.947. The molecule has 1 N–H and O–H groups in total. The highest BCUT2D eigenvalue weighted by Gasteiger charge is 2.36. The molecule has 0 radical (unpaired) electrons. The van der Waals surface area contributed by atoms with Crippen molar-refractivity contribution in [1.29, 1.82) is 0 Å². The van der Waals surface area contributed by atoms with Crippen molar-refractivity contribution >= 4 is 39.2 Å². The Bertz CT molecular complexity index is 1150. The highest BCUT2D eigenvalue weighted by atomic mass is 32.2. The molecule has 1 saturated heterocycles. The van der Waals surface area contributed by atoms with Crippen molar-refractivity contribution < 1.29 is 32.3 Å². The second-order valence-electron chi connectivity index (χ2n) is 7.28. The van der Waals surface area contributed by atoms with E-state index >= 15 is 0 Å². The summed E-state index contributed by atoms with van der Waals surface area (Å²) in [5.74, 6) is -2.33. The molecule has 0 aromatic heterocycles. The predicted molar refractivity (Wildman–Crippen MR) is 110 cm³/mol. The first-order valence-corrected chi connectivity index (χ1v) is 11.3. The van der Waals surface area contributed by atoms with E-state index in [0.29, 0.717) is 23.2 Å². The fourth-order valence-electron chi connectivity index (χ4n) is 3.56. The summed E-state index contributed by atoms with van der Waals surface area (Å²) in [4.78, 5) is 50.1. The quantitative estimate of drug-likeness (QED) is 0.539. The Morgan fingerprint density at radius 1 is 1.00 bits per heavy atom. The molecule has 160 valence electrons. The van der Waals surface area contributed by atoms with E-state index in [-0.39, 0.29) is 17.1 Å². The molecule has 1 fully saturated rings. The van der Waals surface area contributed by atoms with E-state index in [1.54, 1.807) is 24.3 Å². The summed E-state index contributed by atoms with van der Waals surface area (Å²) in [6, 6.07) is 11.7. The van der Waals surface area contributed by atoms with Crippen molar-refractivity contribution in [2.45, 2.75) is 12.5 Å². The molecule has 0 saturated carbocycles. The molecule has 10 heteroatoms. The minimum absolute atomic E-state index is 0.0250. The zero-order valence-corrected chi connectivity index (χ0v) is 17.1. The second-order valence-corrected chi connectivity index (χ2v) is 9.51. The van der Waals surface area contributed by atoms with Gasteiger partial charge in [-0.05, 0) is 42.8 Å². The monoisotopic (exact) mass is 442 g/mol. The summed E-state index contributed by atoms with van der Waals surface area (Å²) in [7, 11) is -3.13. The topological polar surface area (TPSA) is 127 Å². The Morgan fingerprint density at radius 2 is 1.61 bits per heavy atom. The molecular weight excluding hydrogens is 424 g/mol. The number of rotatable bonds is 5. The van der Waals surface area contributed by atoms with Crippen molar-refractivity contribution in [3.05, 3.63) is 65.2 Å². The van der Waals surface area contributed by atoms with E-state index in [2.05, 4.69) is 5.32 Å². The standard InChI is InChI=1S/C21H18N2O7S/c24-18(22-14-9-10-31(28,29)12-14)11-30-21(27)13-5-7-15(8-6-13)23-19(25)16-3-1-2-4-17(16)20(23)26/h1-8,14H,9-12H2,(H,22,24). The summed E-state index contributed by atoms with van der Waals surface area (Å²) < 4.78 is 27.8. The molecule has 0 bridgehead atoms. The minimum Gasteiger partial charge on any atom is -0.452 e. The third-order valence-electron chi connectivity index (χ3n) is 5.09. The van der Waals surface area contributed by atoms with Crippen molar-refractivity contribution in [2.24, 2.45) is 0 Å². The zero-order chi connectivity index (χ0) is 22.2. The first-order chi connectivity index (χ1) is 14.7. The van der Waals surface area contributed by atoms with Crippen LogP contribution in [0.5, 0.6) is 0 Å². The summed E-state index contributed by atoms with van der Waals surface area (Å²) >= 11 is 0. The largest absolute Gasteiger partial charge is 0.452 e. The molecule has 2 aromatic carbocycles. The number of esters is 1.